The number of allylic oxidation sites excluding steroid dienone is 2. The quantitative estimate of drug-likeness (QED) is 0.135. The third-order valence-electron chi connectivity index (χ3n) is 15.0. The summed E-state index contributed by atoms with van der Waals surface area (Å²) in [6.45, 7) is 10.3. The van der Waals surface area contributed by atoms with E-state index in [1.165, 1.54) is 7.11 Å². The molecule has 22 atom stereocenters. The standard InChI is InChI=1S/C39H66O14/c1-18(20(3)15-50-35-33(31(47)26(44)16-51-35)53-36-32(49-6)30(46)25(43)17-52-36)7-8-19(2)21-13-23(41)34-37(21,4)12-10-27-38(5)11-9-22(40)29(45)28(38)24(42)14-39(27,34)48/h7-8,18-36,40-48H,9-17H2,1-6H3/b8-7+/t18-,19-,20-,21-,22+,23-,24?,25-,26-,27-,28?,29+,30+,31+,32-,33-,34-,35-,36+,37-,38-,39+/m1/s1. The molecule has 53 heavy (non-hydrogen) atoms. The zero-order valence-corrected chi connectivity index (χ0v) is 32.1. The zero-order valence-electron chi connectivity index (χ0n) is 32.1. The lowest BCUT2D eigenvalue weighted by molar-refractivity contribution is -0.346. The molecule has 6 fully saturated rings. The van der Waals surface area contributed by atoms with Crippen LogP contribution in [0.25, 0.3) is 0 Å². The largest absolute Gasteiger partial charge is 0.393 e. The van der Waals surface area contributed by atoms with E-state index in [0.29, 0.717) is 19.3 Å². The van der Waals surface area contributed by atoms with Crippen LogP contribution in [-0.2, 0) is 23.7 Å². The minimum absolute atomic E-state index is 0.00301. The zero-order chi connectivity index (χ0) is 38.8. The monoisotopic (exact) mass is 758 g/mol. The molecule has 0 radical (unpaired) electrons. The maximum Gasteiger partial charge on any atom is 0.187 e. The predicted molar refractivity (Wildman–Crippen MR) is 189 cm³/mol. The highest BCUT2D eigenvalue weighted by Crippen LogP contribution is 2.69. The summed E-state index contributed by atoms with van der Waals surface area (Å²) in [7, 11) is 1.34. The number of ether oxygens (including phenoxy) is 5. The van der Waals surface area contributed by atoms with Crippen LogP contribution in [-0.4, -0.2) is 152 Å². The summed E-state index contributed by atoms with van der Waals surface area (Å²) in [5.41, 5.74) is -2.23. The van der Waals surface area contributed by atoms with E-state index in [2.05, 4.69) is 32.9 Å². The first-order valence-electron chi connectivity index (χ1n) is 19.8. The first-order chi connectivity index (χ1) is 24.9. The number of methoxy groups -OCH3 is 1. The second kappa shape index (κ2) is 15.8. The van der Waals surface area contributed by atoms with E-state index in [1.54, 1.807) is 0 Å². The van der Waals surface area contributed by atoms with Gasteiger partial charge in [-0.25, -0.2) is 0 Å². The molecule has 0 bridgehead atoms. The normalized spacial score (nSPS) is 53.4. The highest BCUT2D eigenvalue weighted by molar-refractivity contribution is 5.21. The van der Waals surface area contributed by atoms with E-state index < -0.39 is 96.5 Å². The predicted octanol–water partition coefficient (Wildman–Crippen LogP) is 0.0710. The van der Waals surface area contributed by atoms with Gasteiger partial charge in [-0.05, 0) is 72.5 Å². The van der Waals surface area contributed by atoms with Gasteiger partial charge in [0.25, 0.3) is 0 Å². The lowest BCUT2D eigenvalue weighted by Gasteiger charge is -2.66. The van der Waals surface area contributed by atoms with Crippen molar-refractivity contribution in [3.05, 3.63) is 12.2 Å². The summed E-state index contributed by atoms with van der Waals surface area (Å²) < 4.78 is 28.7. The highest BCUT2D eigenvalue weighted by Gasteiger charge is 2.71. The molecule has 14 heteroatoms. The number of hydrogen-bond donors (Lipinski definition) is 9. The maximum absolute atomic E-state index is 12.6. The van der Waals surface area contributed by atoms with Crippen LogP contribution in [0.2, 0.25) is 0 Å². The van der Waals surface area contributed by atoms with Gasteiger partial charge in [0.15, 0.2) is 12.6 Å². The molecular weight excluding hydrogens is 692 g/mol. The third kappa shape index (κ3) is 7.30. The van der Waals surface area contributed by atoms with Gasteiger partial charge >= 0.3 is 0 Å². The summed E-state index contributed by atoms with van der Waals surface area (Å²) >= 11 is 0. The molecule has 2 saturated heterocycles. The highest BCUT2D eigenvalue weighted by atomic mass is 16.8. The van der Waals surface area contributed by atoms with Crippen molar-refractivity contribution in [2.24, 2.45) is 52.3 Å². The molecule has 0 spiro atoms. The molecule has 14 nitrogen and oxygen atoms in total. The lowest BCUT2D eigenvalue weighted by atomic mass is 9.41. The van der Waals surface area contributed by atoms with Crippen LogP contribution in [0, 0.1) is 52.3 Å². The fraction of sp³-hybridized carbons (Fsp3) is 0.949. The van der Waals surface area contributed by atoms with Crippen molar-refractivity contribution >= 4 is 0 Å². The molecule has 6 rings (SSSR count). The average molecular weight is 759 g/mol. The van der Waals surface area contributed by atoms with Crippen LogP contribution in [0.15, 0.2) is 12.2 Å². The summed E-state index contributed by atoms with van der Waals surface area (Å²) in [6, 6.07) is 0. The van der Waals surface area contributed by atoms with Crippen LogP contribution >= 0.6 is 0 Å². The van der Waals surface area contributed by atoms with E-state index in [4.69, 9.17) is 23.7 Å². The van der Waals surface area contributed by atoms with Gasteiger partial charge in [0.1, 0.15) is 36.6 Å². The summed E-state index contributed by atoms with van der Waals surface area (Å²) in [5.74, 6) is -0.945. The molecule has 0 amide bonds. The maximum atomic E-state index is 12.6. The fourth-order valence-corrected chi connectivity index (χ4v) is 11.9. The number of fused-ring (bicyclic) bond motifs is 5. The van der Waals surface area contributed by atoms with Gasteiger partial charge < -0.3 is 69.6 Å². The van der Waals surface area contributed by atoms with Crippen LogP contribution in [0.4, 0.5) is 0 Å². The summed E-state index contributed by atoms with van der Waals surface area (Å²) in [6.07, 6.45) is -5.63. The van der Waals surface area contributed by atoms with Crippen molar-refractivity contribution in [1.82, 2.24) is 0 Å². The minimum atomic E-state index is -1.37. The SMILES string of the molecule is CO[C@H]1[C@H](O[C@H]2[C@H](OC[C@@H](C)[C@H](C)/C=C/[C@@H](C)[C@H]3C[C@@H](O)[C@@H]4[C@]3(C)CC[C@H]3[C@@]4(O)CC(O)C4[C@@H](O)[C@@H](O)CC[C@@]43C)OC[C@@H](O)[C@@H]2O)OC[C@@H](O)[C@@H]1O. The molecule has 2 aliphatic heterocycles. The third-order valence-corrected chi connectivity index (χ3v) is 15.0. The molecule has 306 valence electrons. The Balaban J connectivity index is 1.08. The van der Waals surface area contributed by atoms with Crippen molar-refractivity contribution in [2.45, 2.75) is 152 Å². The smallest absolute Gasteiger partial charge is 0.187 e. The van der Waals surface area contributed by atoms with Crippen LogP contribution < -0.4 is 0 Å². The molecule has 0 aromatic rings. The Bertz CT molecular complexity index is 1270. The molecule has 2 unspecified atom stereocenters. The second-order valence-corrected chi connectivity index (χ2v) is 18.1. The molecule has 0 aromatic heterocycles. The molecule has 2 heterocycles. The van der Waals surface area contributed by atoms with E-state index >= 15 is 0 Å². The van der Waals surface area contributed by atoms with Crippen LogP contribution in [0.1, 0.15) is 73.1 Å². The first-order valence-corrected chi connectivity index (χ1v) is 19.8. The molecule has 4 saturated carbocycles. The molecule has 9 N–H and O–H groups in total. The van der Waals surface area contributed by atoms with E-state index in [9.17, 15) is 46.0 Å². The Morgan fingerprint density at radius 1 is 0.736 bits per heavy atom. The first kappa shape index (κ1) is 41.8. The number of aliphatic hydroxyl groups excluding tert-OH is 8. The lowest BCUT2D eigenvalue weighted by Crippen LogP contribution is -2.70. The van der Waals surface area contributed by atoms with Gasteiger partial charge in [-0.15, -0.1) is 0 Å². The van der Waals surface area contributed by atoms with Crippen LogP contribution in [0.3, 0.4) is 0 Å². The molecule has 6 aliphatic rings. The Labute approximate surface area is 313 Å². The second-order valence-electron chi connectivity index (χ2n) is 18.1. The molecular formula is C39H66O14. The van der Waals surface area contributed by atoms with Gasteiger partial charge in [-0.1, -0.05) is 46.8 Å². The Kier molecular flexibility index (Phi) is 12.5. The van der Waals surface area contributed by atoms with Gasteiger partial charge in [-0.2, -0.15) is 0 Å². The number of hydrogen-bond acceptors (Lipinski definition) is 14. The minimum Gasteiger partial charge on any atom is -0.393 e. The van der Waals surface area contributed by atoms with E-state index in [-0.39, 0.29) is 61.2 Å². The number of aliphatic hydroxyl groups is 9. The molecule has 4 aliphatic carbocycles. The van der Waals surface area contributed by atoms with Gasteiger partial charge in [0.05, 0.1) is 49.8 Å². The number of rotatable bonds is 10. The van der Waals surface area contributed by atoms with Gasteiger partial charge in [-0.3, -0.25) is 0 Å². The van der Waals surface area contributed by atoms with Gasteiger partial charge in [0.2, 0.25) is 0 Å². The van der Waals surface area contributed by atoms with Crippen molar-refractivity contribution in [3.63, 3.8) is 0 Å². The Morgan fingerprint density at radius 3 is 2.02 bits per heavy atom. The Morgan fingerprint density at radius 2 is 1.36 bits per heavy atom. The van der Waals surface area contributed by atoms with E-state index in [1.807, 2.05) is 13.8 Å². The van der Waals surface area contributed by atoms with E-state index in [0.717, 1.165) is 12.8 Å². The average Bonchev–Trinajstić information content (AvgIpc) is 3.39. The summed E-state index contributed by atoms with van der Waals surface area (Å²) in [4.78, 5) is 0. The molecule has 0 aromatic carbocycles. The Hall–Kier alpha value is -0.820. The van der Waals surface area contributed by atoms with Crippen molar-refractivity contribution < 1.29 is 69.6 Å². The van der Waals surface area contributed by atoms with Crippen molar-refractivity contribution in [2.75, 3.05) is 26.9 Å². The topological polar surface area (TPSA) is 228 Å². The fourth-order valence-electron chi connectivity index (χ4n) is 11.9. The summed E-state index contributed by atoms with van der Waals surface area (Å²) in [5, 5.41) is 98.5. The van der Waals surface area contributed by atoms with Gasteiger partial charge in [0, 0.05) is 25.4 Å². The van der Waals surface area contributed by atoms with Crippen molar-refractivity contribution in [3.8, 4) is 0 Å². The van der Waals surface area contributed by atoms with Crippen LogP contribution in [0.5, 0.6) is 0 Å². The van der Waals surface area contributed by atoms with Crippen molar-refractivity contribution in [1.29, 1.82) is 0 Å².